The Kier molecular flexibility index (Phi) is 5.32. The Balaban J connectivity index is 1.98. The zero-order valence-electron chi connectivity index (χ0n) is 12.9. The van der Waals surface area contributed by atoms with Crippen LogP contribution in [0.15, 0.2) is 24.3 Å². The molecule has 1 aliphatic rings. The summed E-state index contributed by atoms with van der Waals surface area (Å²) < 4.78 is 0. The van der Waals surface area contributed by atoms with Gasteiger partial charge in [-0.25, -0.2) is 0 Å². The van der Waals surface area contributed by atoms with Gasteiger partial charge in [0.15, 0.2) is 0 Å². The predicted molar refractivity (Wildman–Crippen MR) is 85.0 cm³/mol. The number of benzene rings is 1. The van der Waals surface area contributed by atoms with Crippen LogP contribution < -0.4 is 15.5 Å². The standard InChI is InChI=1S/C15H22N4O3/c1-11-12(6-5-9-16-11)17-15(20)10-18(2)13-7-3-4-8-14(13)19(21)22/h3-4,7-8,11-12,16H,5-6,9-10H2,1-2H3,(H,17,20). The highest BCUT2D eigenvalue weighted by molar-refractivity contribution is 5.82. The van der Waals surface area contributed by atoms with Crippen molar-refractivity contribution in [2.24, 2.45) is 0 Å². The SMILES string of the molecule is CC1NCCCC1NC(=O)CN(C)c1ccccc1[N+](=O)[O-]. The van der Waals surface area contributed by atoms with Crippen LogP contribution in [0, 0.1) is 10.1 Å². The van der Waals surface area contributed by atoms with Crippen molar-refractivity contribution >= 4 is 17.3 Å². The van der Waals surface area contributed by atoms with Crippen molar-refractivity contribution in [1.29, 1.82) is 0 Å². The van der Waals surface area contributed by atoms with Gasteiger partial charge in [0, 0.05) is 25.2 Å². The third-order valence-electron chi connectivity index (χ3n) is 3.98. The molecule has 22 heavy (non-hydrogen) atoms. The van der Waals surface area contributed by atoms with Crippen LogP contribution in [0.25, 0.3) is 0 Å². The predicted octanol–water partition coefficient (Wildman–Crippen LogP) is 1.29. The maximum Gasteiger partial charge on any atom is 0.292 e. The van der Waals surface area contributed by atoms with Crippen molar-refractivity contribution in [2.45, 2.75) is 31.8 Å². The average molecular weight is 306 g/mol. The van der Waals surface area contributed by atoms with E-state index in [9.17, 15) is 14.9 Å². The molecule has 0 aromatic heterocycles. The molecule has 0 radical (unpaired) electrons. The number of likely N-dealkylation sites (N-methyl/N-ethyl adjacent to an activating group) is 1. The maximum atomic E-state index is 12.2. The summed E-state index contributed by atoms with van der Waals surface area (Å²) >= 11 is 0. The number of amides is 1. The largest absolute Gasteiger partial charge is 0.360 e. The Labute approximate surface area is 129 Å². The first kappa shape index (κ1) is 16.2. The lowest BCUT2D eigenvalue weighted by Gasteiger charge is -2.31. The Morgan fingerprint density at radius 3 is 2.91 bits per heavy atom. The highest BCUT2D eigenvalue weighted by atomic mass is 16.6. The second-order valence-electron chi connectivity index (χ2n) is 5.66. The van der Waals surface area contributed by atoms with Crippen LogP contribution in [-0.4, -0.2) is 43.1 Å². The molecule has 0 bridgehead atoms. The molecular weight excluding hydrogens is 284 g/mol. The lowest BCUT2D eigenvalue weighted by atomic mass is 10.00. The number of nitrogens with zero attached hydrogens (tertiary/aromatic N) is 2. The van der Waals surface area contributed by atoms with Gasteiger partial charge >= 0.3 is 0 Å². The van der Waals surface area contributed by atoms with Crippen molar-refractivity contribution < 1.29 is 9.72 Å². The smallest absolute Gasteiger partial charge is 0.292 e. The molecule has 0 saturated carbocycles. The molecule has 1 aromatic rings. The van der Waals surface area contributed by atoms with E-state index in [4.69, 9.17) is 0 Å². The number of anilines is 1. The van der Waals surface area contributed by atoms with Gasteiger partial charge in [-0.3, -0.25) is 14.9 Å². The molecule has 1 heterocycles. The van der Waals surface area contributed by atoms with Crippen molar-refractivity contribution in [1.82, 2.24) is 10.6 Å². The molecule has 2 unspecified atom stereocenters. The Bertz CT molecular complexity index is 549. The van der Waals surface area contributed by atoms with E-state index in [2.05, 4.69) is 17.6 Å². The third-order valence-corrected chi connectivity index (χ3v) is 3.98. The van der Waals surface area contributed by atoms with E-state index in [0.717, 1.165) is 19.4 Å². The number of hydrogen-bond donors (Lipinski definition) is 2. The molecule has 2 rings (SSSR count). The summed E-state index contributed by atoms with van der Waals surface area (Å²) in [5, 5.41) is 17.4. The molecule has 1 amide bonds. The number of nitro benzene ring substituents is 1. The fraction of sp³-hybridized carbons (Fsp3) is 0.533. The summed E-state index contributed by atoms with van der Waals surface area (Å²) in [4.78, 5) is 24.4. The highest BCUT2D eigenvalue weighted by Crippen LogP contribution is 2.26. The molecule has 7 nitrogen and oxygen atoms in total. The number of carbonyl (C=O) groups excluding carboxylic acids is 1. The van der Waals surface area contributed by atoms with Crippen LogP contribution in [0.3, 0.4) is 0 Å². The van der Waals surface area contributed by atoms with E-state index in [-0.39, 0.29) is 30.2 Å². The van der Waals surface area contributed by atoms with Gasteiger partial charge in [0.1, 0.15) is 5.69 Å². The molecule has 1 aliphatic heterocycles. The van der Waals surface area contributed by atoms with Crippen LogP contribution in [0.5, 0.6) is 0 Å². The van der Waals surface area contributed by atoms with Gasteiger partial charge in [-0.15, -0.1) is 0 Å². The molecule has 2 atom stereocenters. The number of hydrogen-bond acceptors (Lipinski definition) is 5. The lowest BCUT2D eigenvalue weighted by Crippen LogP contribution is -2.53. The number of rotatable bonds is 5. The van der Waals surface area contributed by atoms with Gasteiger partial charge in [-0.05, 0) is 32.4 Å². The maximum absolute atomic E-state index is 12.2. The van der Waals surface area contributed by atoms with Crippen LogP contribution in [0.2, 0.25) is 0 Å². The van der Waals surface area contributed by atoms with E-state index >= 15 is 0 Å². The zero-order valence-corrected chi connectivity index (χ0v) is 12.9. The topological polar surface area (TPSA) is 87.5 Å². The Morgan fingerprint density at radius 1 is 1.50 bits per heavy atom. The summed E-state index contributed by atoms with van der Waals surface area (Å²) in [5.41, 5.74) is 0.447. The Hall–Kier alpha value is -2.15. The summed E-state index contributed by atoms with van der Waals surface area (Å²) in [6.07, 6.45) is 1.99. The minimum absolute atomic E-state index is 0.00509. The summed E-state index contributed by atoms with van der Waals surface area (Å²) in [7, 11) is 1.68. The van der Waals surface area contributed by atoms with Crippen LogP contribution in [0.1, 0.15) is 19.8 Å². The first-order valence-corrected chi connectivity index (χ1v) is 7.46. The minimum atomic E-state index is -0.434. The third kappa shape index (κ3) is 3.94. The highest BCUT2D eigenvalue weighted by Gasteiger charge is 2.24. The van der Waals surface area contributed by atoms with Gasteiger partial charge in [0.25, 0.3) is 5.69 Å². The number of nitro groups is 1. The summed E-state index contributed by atoms with van der Waals surface area (Å²) in [5.74, 6) is -0.124. The van der Waals surface area contributed by atoms with Gasteiger partial charge in [0.05, 0.1) is 11.5 Å². The van der Waals surface area contributed by atoms with E-state index in [1.165, 1.54) is 6.07 Å². The Morgan fingerprint density at radius 2 is 2.23 bits per heavy atom. The van der Waals surface area contributed by atoms with Gasteiger partial charge in [-0.1, -0.05) is 12.1 Å². The van der Waals surface area contributed by atoms with Crippen LogP contribution in [-0.2, 0) is 4.79 Å². The normalized spacial score (nSPS) is 21.2. The molecular formula is C15H22N4O3. The van der Waals surface area contributed by atoms with Crippen molar-refractivity contribution in [3.05, 3.63) is 34.4 Å². The molecule has 1 aromatic carbocycles. The van der Waals surface area contributed by atoms with Gasteiger partial charge in [-0.2, -0.15) is 0 Å². The minimum Gasteiger partial charge on any atom is -0.360 e. The zero-order chi connectivity index (χ0) is 16.1. The van der Waals surface area contributed by atoms with Crippen molar-refractivity contribution in [3.63, 3.8) is 0 Å². The van der Waals surface area contributed by atoms with Crippen molar-refractivity contribution in [2.75, 3.05) is 25.0 Å². The number of para-hydroxylation sites is 2. The molecule has 0 aliphatic carbocycles. The number of carbonyl (C=O) groups is 1. The van der Waals surface area contributed by atoms with E-state index in [0.29, 0.717) is 5.69 Å². The lowest BCUT2D eigenvalue weighted by molar-refractivity contribution is -0.384. The molecule has 1 saturated heterocycles. The van der Waals surface area contributed by atoms with Crippen molar-refractivity contribution in [3.8, 4) is 0 Å². The van der Waals surface area contributed by atoms with E-state index in [1.54, 1.807) is 30.1 Å². The number of piperidine rings is 1. The van der Waals surface area contributed by atoms with E-state index < -0.39 is 4.92 Å². The summed E-state index contributed by atoms with van der Waals surface area (Å²) in [6.45, 7) is 3.12. The quantitative estimate of drug-likeness (QED) is 0.632. The fourth-order valence-electron chi connectivity index (χ4n) is 2.74. The second-order valence-corrected chi connectivity index (χ2v) is 5.66. The molecule has 0 spiro atoms. The summed E-state index contributed by atoms with van der Waals surface area (Å²) in [6, 6.07) is 6.79. The number of nitrogens with one attached hydrogen (secondary N) is 2. The van der Waals surface area contributed by atoms with Crippen LogP contribution >= 0.6 is 0 Å². The first-order chi connectivity index (χ1) is 10.5. The second kappa shape index (κ2) is 7.22. The van der Waals surface area contributed by atoms with E-state index in [1.807, 2.05) is 0 Å². The van der Waals surface area contributed by atoms with Gasteiger partial charge < -0.3 is 15.5 Å². The monoisotopic (exact) mass is 306 g/mol. The molecule has 120 valence electrons. The average Bonchev–Trinajstić information content (AvgIpc) is 2.49. The first-order valence-electron chi connectivity index (χ1n) is 7.46. The molecule has 1 fully saturated rings. The van der Waals surface area contributed by atoms with Gasteiger partial charge in [0.2, 0.25) is 5.91 Å². The fourth-order valence-corrected chi connectivity index (χ4v) is 2.74. The molecule has 7 heteroatoms. The molecule has 2 N–H and O–H groups in total. The van der Waals surface area contributed by atoms with Crippen LogP contribution in [0.4, 0.5) is 11.4 Å².